The Labute approximate surface area is 181 Å². The molecule has 2 nitrogen and oxygen atoms in total. The van der Waals surface area contributed by atoms with Gasteiger partial charge in [-0.25, -0.2) is 0 Å². The maximum Gasteiger partial charge on any atom is 0.0143 e. The molecule has 2 heteroatoms. The first-order valence-corrected chi connectivity index (χ1v) is 12.8. The van der Waals surface area contributed by atoms with Gasteiger partial charge in [-0.1, -0.05) is 27.7 Å². The lowest BCUT2D eigenvalue weighted by Crippen LogP contribution is -2.59. The number of nitrogens with zero attached hydrogens (tertiary/aromatic N) is 1. The molecule has 0 aromatic rings. The van der Waals surface area contributed by atoms with Crippen LogP contribution in [0.4, 0.5) is 0 Å². The Kier molecular flexibility index (Phi) is 4.33. The van der Waals surface area contributed by atoms with Crippen LogP contribution in [0.25, 0.3) is 0 Å². The van der Waals surface area contributed by atoms with Gasteiger partial charge in [0.1, 0.15) is 0 Å². The second-order valence-corrected chi connectivity index (χ2v) is 13.6. The molecule has 1 N–H and O–H groups in total. The third kappa shape index (κ3) is 2.22. The first-order valence-electron chi connectivity index (χ1n) is 12.8. The molecule has 29 heavy (non-hydrogen) atoms. The highest BCUT2D eigenvalue weighted by Gasteiger charge is 2.82. The van der Waals surface area contributed by atoms with Crippen molar-refractivity contribution in [2.45, 2.75) is 104 Å². The molecule has 0 aliphatic heterocycles. The van der Waals surface area contributed by atoms with Crippen LogP contribution in [0.1, 0.15) is 92.4 Å². The number of rotatable bonds is 3. The summed E-state index contributed by atoms with van der Waals surface area (Å²) in [7, 11) is 6.83. The Bertz CT molecular complexity index is 684. The number of hydrogen-bond acceptors (Lipinski definition) is 2. The Morgan fingerprint density at radius 2 is 1.45 bits per heavy atom. The van der Waals surface area contributed by atoms with Gasteiger partial charge >= 0.3 is 0 Å². The molecule has 5 aliphatic carbocycles. The van der Waals surface area contributed by atoms with E-state index in [0.717, 1.165) is 23.8 Å². The summed E-state index contributed by atoms with van der Waals surface area (Å²) in [6.07, 6.45) is 13.5. The van der Waals surface area contributed by atoms with Crippen molar-refractivity contribution < 1.29 is 0 Å². The molecule has 166 valence electrons. The maximum absolute atomic E-state index is 3.64. The molecule has 0 aromatic carbocycles. The van der Waals surface area contributed by atoms with E-state index in [1.807, 2.05) is 0 Å². The van der Waals surface area contributed by atoms with Crippen molar-refractivity contribution in [3.8, 4) is 0 Å². The fraction of sp³-hybridized carbons (Fsp3) is 1.00. The number of hydrogen-bond donors (Lipinski definition) is 1. The zero-order valence-electron chi connectivity index (χ0n) is 20.7. The second-order valence-electron chi connectivity index (χ2n) is 13.6. The summed E-state index contributed by atoms with van der Waals surface area (Å²) in [5.41, 5.74) is 2.98. The smallest absolute Gasteiger partial charge is 0.0143 e. The Morgan fingerprint density at radius 3 is 2.10 bits per heavy atom. The maximum atomic E-state index is 3.64. The third-order valence-corrected chi connectivity index (χ3v) is 12.8. The molecule has 0 radical (unpaired) electrons. The van der Waals surface area contributed by atoms with E-state index in [0.29, 0.717) is 33.1 Å². The molecule has 5 saturated carbocycles. The minimum Gasteiger partial charge on any atom is -0.317 e. The van der Waals surface area contributed by atoms with Crippen molar-refractivity contribution in [1.82, 2.24) is 10.2 Å². The molecule has 0 saturated heterocycles. The number of fused-ring (bicyclic) bond motifs is 2. The van der Waals surface area contributed by atoms with E-state index in [1.54, 1.807) is 6.42 Å². The van der Waals surface area contributed by atoms with E-state index in [1.165, 1.54) is 51.4 Å². The Balaban J connectivity index is 1.49. The first-order chi connectivity index (χ1) is 13.5. The van der Waals surface area contributed by atoms with Crippen LogP contribution in [0, 0.1) is 44.8 Å². The minimum atomic E-state index is 0.469. The minimum absolute atomic E-state index is 0.469. The lowest BCUT2D eigenvalue weighted by molar-refractivity contribution is -0.150. The summed E-state index contributed by atoms with van der Waals surface area (Å²) in [5.74, 6) is 2.81. The van der Waals surface area contributed by atoms with Crippen LogP contribution in [-0.2, 0) is 0 Å². The summed E-state index contributed by atoms with van der Waals surface area (Å²) in [6, 6.07) is 1.43. The fourth-order valence-electron chi connectivity index (χ4n) is 11.3. The standard InChI is InChI=1S/C27H48N2/c1-18(28-6)19-11-13-25(5)21-10-9-20-23(2,3)22(29(7)8)12-14-26(20)17-27(21,26)16-15-24(19,25)4/h18-22,28H,9-17H2,1-8H3/t18?,19?,20?,21?,22?,24?,25-,26?,27?/m0/s1. The van der Waals surface area contributed by atoms with E-state index in [2.05, 4.69) is 66.0 Å². The molecule has 9 atom stereocenters. The van der Waals surface area contributed by atoms with E-state index < -0.39 is 0 Å². The molecule has 8 unspecified atom stereocenters. The quantitative estimate of drug-likeness (QED) is 0.628. The van der Waals surface area contributed by atoms with Gasteiger partial charge in [0.25, 0.3) is 0 Å². The van der Waals surface area contributed by atoms with E-state index in [9.17, 15) is 0 Å². The van der Waals surface area contributed by atoms with Gasteiger partial charge in [0.15, 0.2) is 0 Å². The van der Waals surface area contributed by atoms with Gasteiger partial charge in [-0.3, -0.25) is 0 Å². The SMILES string of the molecule is CNC(C)C1CC[C@@]2(C)C3CCC4C(C)(C)C(N(C)C)CCC45CC35CCC12C. The molecular weight excluding hydrogens is 352 g/mol. The molecule has 5 fully saturated rings. The summed E-state index contributed by atoms with van der Waals surface area (Å²) >= 11 is 0. The molecular formula is C27H48N2. The van der Waals surface area contributed by atoms with E-state index in [4.69, 9.17) is 0 Å². The van der Waals surface area contributed by atoms with Gasteiger partial charge in [-0.2, -0.15) is 0 Å². The zero-order valence-corrected chi connectivity index (χ0v) is 20.7. The molecule has 0 heterocycles. The summed E-state index contributed by atoms with van der Waals surface area (Å²) in [4.78, 5) is 2.55. The number of nitrogens with one attached hydrogen (secondary N) is 1. The summed E-state index contributed by atoms with van der Waals surface area (Å²) in [6.45, 7) is 13.2. The van der Waals surface area contributed by atoms with Crippen molar-refractivity contribution in [1.29, 1.82) is 0 Å². The molecule has 0 bridgehead atoms. The predicted octanol–water partition coefficient (Wildman–Crippen LogP) is 5.96. The van der Waals surface area contributed by atoms with Gasteiger partial charge in [0.05, 0.1) is 0 Å². The molecule has 5 aliphatic rings. The van der Waals surface area contributed by atoms with E-state index >= 15 is 0 Å². The summed E-state index contributed by atoms with van der Waals surface area (Å²) in [5, 5.41) is 3.64. The highest BCUT2D eigenvalue weighted by molar-refractivity contribution is 5.31. The molecule has 2 spiro atoms. The zero-order chi connectivity index (χ0) is 21.0. The molecule has 5 rings (SSSR count). The molecule has 0 aromatic heterocycles. The Hall–Kier alpha value is -0.0800. The van der Waals surface area contributed by atoms with Crippen LogP contribution in [0.15, 0.2) is 0 Å². The normalized spacial score (nSPS) is 56.2. The van der Waals surface area contributed by atoms with Crippen LogP contribution in [-0.4, -0.2) is 38.1 Å². The highest BCUT2D eigenvalue weighted by Crippen LogP contribution is 2.89. The highest BCUT2D eigenvalue weighted by atomic mass is 15.1. The van der Waals surface area contributed by atoms with Crippen molar-refractivity contribution in [2.24, 2.45) is 44.8 Å². The van der Waals surface area contributed by atoms with Gasteiger partial charge in [-0.15, -0.1) is 0 Å². The largest absolute Gasteiger partial charge is 0.317 e. The fourth-order valence-corrected chi connectivity index (χ4v) is 11.3. The molecule has 0 amide bonds. The van der Waals surface area contributed by atoms with Crippen LogP contribution in [0.2, 0.25) is 0 Å². The van der Waals surface area contributed by atoms with Gasteiger partial charge in [-0.05, 0) is 131 Å². The van der Waals surface area contributed by atoms with Crippen molar-refractivity contribution in [2.75, 3.05) is 21.1 Å². The van der Waals surface area contributed by atoms with Crippen LogP contribution >= 0.6 is 0 Å². The van der Waals surface area contributed by atoms with Gasteiger partial charge in [0.2, 0.25) is 0 Å². The predicted molar refractivity (Wildman–Crippen MR) is 123 cm³/mol. The Morgan fingerprint density at radius 1 is 0.793 bits per heavy atom. The second kappa shape index (κ2) is 6.03. The lowest BCUT2D eigenvalue weighted by atomic mass is 9.41. The van der Waals surface area contributed by atoms with Gasteiger partial charge in [0, 0.05) is 12.1 Å². The average molecular weight is 401 g/mol. The van der Waals surface area contributed by atoms with Crippen LogP contribution < -0.4 is 5.32 Å². The average Bonchev–Trinajstić information content (AvgIpc) is 3.23. The van der Waals surface area contributed by atoms with E-state index in [-0.39, 0.29) is 0 Å². The monoisotopic (exact) mass is 400 g/mol. The third-order valence-electron chi connectivity index (χ3n) is 12.8. The van der Waals surface area contributed by atoms with Gasteiger partial charge < -0.3 is 10.2 Å². The lowest BCUT2D eigenvalue weighted by Gasteiger charge is -2.64. The first kappa shape index (κ1) is 20.8. The van der Waals surface area contributed by atoms with Crippen LogP contribution in [0.3, 0.4) is 0 Å². The van der Waals surface area contributed by atoms with Crippen LogP contribution in [0.5, 0.6) is 0 Å². The van der Waals surface area contributed by atoms with Crippen molar-refractivity contribution in [3.05, 3.63) is 0 Å². The topological polar surface area (TPSA) is 15.3 Å². The van der Waals surface area contributed by atoms with Crippen molar-refractivity contribution >= 4 is 0 Å². The summed E-state index contributed by atoms with van der Waals surface area (Å²) < 4.78 is 0. The van der Waals surface area contributed by atoms with Crippen molar-refractivity contribution in [3.63, 3.8) is 0 Å².